The van der Waals surface area contributed by atoms with Gasteiger partial charge in [0.1, 0.15) is 17.9 Å². The van der Waals surface area contributed by atoms with Crippen LogP contribution < -0.4 is 10.1 Å². The zero-order valence-corrected chi connectivity index (χ0v) is 13.7. The number of halogens is 1. The van der Waals surface area contributed by atoms with Crippen LogP contribution in [0.3, 0.4) is 0 Å². The van der Waals surface area contributed by atoms with Crippen LogP contribution in [-0.4, -0.2) is 23.1 Å². The van der Waals surface area contributed by atoms with Crippen LogP contribution >= 0.6 is 11.6 Å². The van der Waals surface area contributed by atoms with Gasteiger partial charge in [-0.3, -0.25) is 0 Å². The fraction of sp³-hybridized carbons (Fsp3) is 0.222. The number of para-hydroxylation sites is 1. The van der Waals surface area contributed by atoms with Gasteiger partial charge in [0.15, 0.2) is 0 Å². The molecule has 0 saturated heterocycles. The number of aromatic nitrogens is 2. The molecular weight excluding hydrogens is 310 g/mol. The first-order valence-electron chi connectivity index (χ1n) is 7.56. The van der Waals surface area contributed by atoms with Crippen molar-refractivity contribution in [3.05, 3.63) is 59.4 Å². The number of benzene rings is 2. The van der Waals surface area contributed by atoms with E-state index < -0.39 is 0 Å². The second-order valence-electron chi connectivity index (χ2n) is 5.28. The number of fused-ring (bicyclic) bond motifs is 1. The summed E-state index contributed by atoms with van der Waals surface area (Å²) < 4.78 is 5.74. The van der Waals surface area contributed by atoms with E-state index in [9.17, 15) is 0 Å². The van der Waals surface area contributed by atoms with Gasteiger partial charge in [-0.25, -0.2) is 9.97 Å². The first-order chi connectivity index (χ1) is 11.2. The van der Waals surface area contributed by atoms with Crippen molar-refractivity contribution in [1.29, 1.82) is 0 Å². The quantitative estimate of drug-likeness (QED) is 0.678. The normalized spacial score (nSPS) is 10.7. The van der Waals surface area contributed by atoms with E-state index in [1.165, 1.54) is 0 Å². The van der Waals surface area contributed by atoms with Gasteiger partial charge in [-0.05, 0) is 49.2 Å². The summed E-state index contributed by atoms with van der Waals surface area (Å²) in [5, 5.41) is 5.13. The highest BCUT2D eigenvalue weighted by Crippen LogP contribution is 2.21. The lowest BCUT2D eigenvalue weighted by Gasteiger charge is -2.10. The average Bonchev–Trinajstić information content (AvgIpc) is 2.58. The number of anilines is 1. The molecule has 0 spiro atoms. The summed E-state index contributed by atoms with van der Waals surface area (Å²) in [6.07, 6.45) is 2.46. The molecule has 0 aliphatic rings. The smallest absolute Gasteiger partial charge is 0.137 e. The molecule has 1 N–H and O–H groups in total. The van der Waals surface area contributed by atoms with Gasteiger partial charge in [-0.15, -0.1) is 0 Å². The third-order valence-corrected chi connectivity index (χ3v) is 3.98. The Balaban J connectivity index is 1.50. The Hall–Kier alpha value is -2.33. The largest absolute Gasteiger partial charge is 0.494 e. The standard InChI is InChI=1S/C18H18ClN3O/c1-13-11-14(7-8-16(13)19)23-10-4-9-20-18-15-5-2-3-6-17(15)21-12-22-18/h2-3,5-8,11-12H,4,9-10H2,1H3,(H,20,21,22). The summed E-state index contributed by atoms with van der Waals surface area (Å²) in [4.78, 5) is 8.56. The van der Waals surface area contributed by atoms with E-state index in [1.807, 2.05) is 49.4 Å². The Morgan fingerprint density at radius 3 is 2.87 bits per heavy atom. The van der Waals surface area contributed by atoms with E-state index in [1.54, 1.807) is 6.33 Å². The molecule has 23 heavy (non-hydrogen) atoms. The molecule has 0 fully saturated rings. The van der Waals surface area contributed by atoms with E-state index in [2.05, 4.69) is 15.3 Å². The molecule has 0 bridgehead atoms. The van der Waals surface area contributed by atoms with Crippen molar-refractivity contribution in [3.63, 3.8) is 0 Å². The van der Waals surface area contributed by atoms with Crippen LogP contribution in [0.2, 0.25) is 5.02 Å². The van der Waals surface area contributed by atoms with Crippen LogP contribution in [0.1, 0.15) is 12.0 Å². The molecule has 0 aliphatic heterocycles. The lowest BCUT2D eigenvalue weighted by molar-refractivity contribution is 0.315. The maximum atomic E-state index is 6.00. The number of aryl methyl sites for hydroxylation is 1. The molecule has 2 aromatic carbocycles. The highest BCUT2D eigenvalue weighted by atomic mass is 35.5. The predicted octanol–water partition coefficient (Wildman–Crippen LogP) is 4.47. The third kappa shape index (κ3) is 3.90. The van der Waals surface area contributed by atoms with E-state index in [0.717, 1.165) is 46.0 Å². The van der Waals surface area contributed by atoms with Crippen molar-refractivity contribution in [2.24, 2.45) is 0 Å². The average molecular weight is 328 g/mol. The first-order valence-corrected chi connectivity index (χ1v) is 7.94. The molecule has 0 radical (unpaired) electrons. The van der Waals surface area contributed by atoms with Crippen LogP contribution in [-0.2, 0) is 0 Å². The zero-order chi connectivity index (χ0) is 16.1. The molecule has 0 atom stereocenters. The van der Waals surface area contributed by atoms with Gasteiger partial charge in [0.2, 0.25) is 0 Å². The van der Waals surface area contributed by atoms with Gasteiger partial charge < -0.3 is 10.1 Å². The van der Waals surface area contributed by atoms with Crippen molar-refractivity contribution >= 4 is 28.3 Å². The van der Waals surface area contributed by atoms with Crippen LogP contribution in [0.15, 0.2) is 48.8 Å². The highest BCUT2D eigenvalue weighted by Gasteiger charge is 2.02. The van der Waals surface area contributed by atoms with Crippen molar-refractivity contribution in [2.75, 3.05) is 18.5 Å². The summed E-state index contributed by atoms with van der Waals surface area (Å²) in [5.41, 5.74) is 1.97. The lowest BCUT2D eigenvalue weighted by Crippen LogP contribution is -2.08. The lowest BCUT2D eigenvalue weighted by atomic mass is 10.2. The number of hydrogen-bond donors (Lipinski definition) is 1. The number of nitrogens with one attached hydrogen (secondary N) is 1. The van der Waals surface area contributed by atoms with Crippen LogP contribution in [0.4, 0.5) is 5.82 Å². The van der Waals surface area contributed by atoms with Crippen molar-refractivity contribution in [3.8, 4) is 5.75 Å². The molecule has 0 saturated carbocycles. The fourth-order valence-corrected chi connectivity index (χ4v) is 2.44. The van der Waals surface area contributed by atoms with Gasteiger partial charge in [-0.1, -0.05) is 23.7 Å². The maximum absolute atomic E-state index is 6.00. The molecule has 0 aliphatic carbocycles. The molecule has 5 heteroatoms. The Morgan fingerprint density at radius 2 is 2.00 bits per heavy atom. The summed E-state index contributed by atoms with van der Waals surface area (Å²) in [7, 11) is 0. The fourth-order valence-electron chi connectivity index (χ4n) is 2.32. The predicted molar refractivity (Wildman–Crippen MR) is 94.3 cm³/mol. The first kappa shape index (κ1) is 15.6. The Kier molecular flexibility index (Phi) is 4.93. The molecule has 118 valence electrons. The van der Waals surface area contributed by atoms with E-state index >= 15 is 0 Å². The molecule has 1 heterocycles. The SMILES string of the molecule is Cc1cc(OCCCNc2ncnc3ccccc23)ccc1Cl. The van der Waals surface area contributed by atoms with Gasteiger partial charge >= 0.3 is 0 Å². The minimum atomic E-state index is 0.636. The van der Waals surface area contributed by atoms with E-state index in [4.69, 9.17) is 16.3 Å². The highest BCUT2D eigenvalue weighted by molar-refractivity contribution is 6.31. The van der Waals surface area contributed by atoms with Crippen molar-refractivity contribution in [1.82, 2.24) is 9.97 Å². The number of rotatable bonds is 6. The summed E-state index contributed by atoms with van der Waals surface area (Å²) in [6, 6.07) is 13.7. The monoisotopic (exact) mass is 327 g/mol. The maximum Gasteiger partial charge on any atom is 0.137 e. The van der Waals surface area contributed by atoms with Crippen LogP contribution in [0, 0.1) is 6.92 Å². The molecule has 3 aromatic rings. The molecule has 0 amide bonds. The molecule has 3 rings (SSSR count). The van der Waals surface area contributed by atoms with Crippen molar-refractivity contribution in [2.45, 2.75) is 13.3 Å². The van der Waals surface area contributed by atoms with Crippen LogP contribution in [0.5, 0.6) is 5.75 Å². The minimum Gasteiger partial charge on any atom is -0.494 e. The Morgan fingerprint density at radius 1 is 1.13 bits per heavy atom. The number of ether oxygens (including phenoxy) is 1. The molecule has 1 aromatic heterocycles. The van der Waals surface area contributed by atoms with Gasteiger partial charge in [0.25, 0.3) is 0 Å². The van der Waals surface area contributed by atoms with E-state index in [0.29, 0.717) is 6.61 Å². The van der Waals surface area contributed by atoms with E-state index in [-0.39, 0.29) is 0 Å². The summed E-state index contributed by atoms with van der Waals surface area (Å²) in [5.74, 6) is 1.71. The Labute approximate surface area is 140 Å². The summed E-state index contributed by atoms with van der Waals surface area (Å²) >= 11 is 6.00. The van der Waals surface area contributed by atoms with Gasteiger partial charge in [-0.2, -0.15) is 0 Å². The number of hydrogen-bond acceptors (Lipinski definition) is 4. The Bertz CT molecular complexity index is 802. The molecule has 4 nitrogen and oxygen atoms in total. The second-order valence-corrected chi connectivity index (χ2v) is 5.69. The summed E-state index contributed by atoms with van der Waals surface area (Å²) in [6.45, 7) is 3.39. The van der Waals surface area contributed by atoms with Crippen molar-refractivity contribution < 1.29 is 4.74 Å². The second kappa shape index (κ2) is 7.29. The molecular formula is C18H18ClN3O. The number of nitrogens with zero attached hydrogens (tertiary/aromatic N) is 2. The molecule has 0 unspecified atom stereocenters. The van der Waals surface area contributed by atoms with Gasteiger partial charge in [0, 0.05) is 17.0 Å². The zero-order valence-electron chi connectivity index (χ0n) is 12.9. The van der Waals surface area contributed by atoms with Gasteiger partial charge in [0.05, 0.1) is 12.1 Å². The third-order valence-electron chi connectivity index (χ3n) is 3.55. The van der Waals surface area contributed by atoms with Crippen LogP contribution in [0.25, 0.3) is 10.9 Å². The minimum absolute atomic E-state index is 0.636. The topological polar surface area (TPSA) is 47.0 Å².